The fraction of sp³-hybridized carbons (Fsp3) is 0.444. The zero-order valence-corrected chi connectivity index (χ0v) is 12.3. The van der Waals surface area contributed by atoms with Crippen LogP contribution in [0.4, 0.5) is 0 Å². The molecule has 1 aromatic rings. The van der Waals surface area contributed by atoms with Crippen molar-refractivity contribution in [3.63, 3.8) is 0 Å². The minimum Gasteiger partial charge on any atom is -0.409 e. The summed E-state index contributed by atoms with van der Waals surface area (Å²) in [7, 11) is -2.15. The summed E-state index contributed by atoms with van der Waals surface area (Å²) in [6.45, 7) is 1.79. The van der Waals surface area contributed by atoms with Gasteiger partial charge in [0.1, 0.15) is 10.0 Å². The number of hydrogen-bond acceptors (Lipinski definition) is 5. The quantitative estimate of drug-likeness (QED) is 0.372. The number of amidine groups is 1. The van der Waals surface area contributed by atoms with Gasteiger partial charge in [0.15, 0.2) is 0 Å². The van der Waals surface area contributed by atoms with E-state index in [2.05, 4.69) is 5.16 Å². The van der Waals surface area contributed by atoms with Crippen LogP contribution in [0.25, 0.3) is 0 Å². The number of halogens is 1. The maximum absolute atomic E-state index is 12.1. The lowest BCUT2D eigenvalue weighted by molar-refractivity contribution is 0.312. The van der Waals surface area contributed by atoms with Crippen LogP contribution in [0.1, 0.15) is 6.92 Å². The molecule has 0 fully saturated rings. The molecular formula is C9H14ClN3O3S2. The maximum Gasteiger partial charge on any atom is 0.252 e. The normalized spacial score (nSPS) is 15.0. The Bertz CT molecular complexity index is 541. The third-order valence-electron chi connectivity index (χ3n) is 2.36. The second-order valence-corrected chi connectivity index (χ2v) is 7.76. The van der Waals surface area contributed by atoms with E-state index in [1.165, 1.54) is 19.2 Å². The van der Waals surface area contributed by atoms with E-state index >= 15 is 0 Å². The van der Waals surface area contributed by atoms with E-state index < -0.39 is 10.0 Å². The molecular weight excluding hydrogens is 298 g/mol. The van der Waals surface area contributed by atoms with Crippen LogP contribution in [0.3, 0.4) is 0 Å². The van der Waals surface area contributed by atoms with Gasteiger partial charge in [-0.05, 0) is 12.1 Å². The number of nitrogens with zero attached hydrogens (tertiary/aromatic N) is 2. The highest BCUT2D eigenvalue weighted by Gasteiger charge is 2.25. The van der Waals surface area contributed by atoms with Crippen LogP contribution in [-0.2, 0) is 10.0 Å². The van der Waals surface area contributed by atoms with Crippen molar-refractivity contribution < 1.29 is 13.6 Å². The lowest BCUT2D eigenvalue weighted by Crippen LogP contribution is -2.36. The Labute approximate surface area is 115 Å². The molecule has 9 heteroatoms. The Morgan fingerprint density at radius 3 is 2.72 bits per heavy atom. The average molecular weight is 312 g/mol. The van der Waals surface area contributed by atoms with Gasteiger partial charge in [0.05, 0.1) is 4.34 Å². The van der Waals surface area contributed by atoms with Crippen molar-refractivity contribution in [1.29, 1.82) is 0 Å². The molecule has 0 amide bonds. The molecule has 0 aliphatic heterocycles. The van der Waals surface area contributed by atoms with Crippen LogP contribution < -0.4 is 5.73 Å². The fourth-order valence-corrected chi connectivity index (χ4v) is 4.22. The number of rotatable bonds is 5. The maximum atomic E-state index is 12.1. The van der Waals surface area contributed by atoms with Gasteiger partial charge in [0.25, 0.3) is 10.0 Å². The van der Waals surface area contributed by atoms with E-state index in [-0.39, 0.29) is 22.5 Å². The zero-order chi connectivity index (χ0) is 13.9. The number of oxime groups is 1. The summed E-state index contributed by atoms with van der Waals surface area (Å²) in [5.41, 5.74) is 5.41. The summed E-state index contributed by atoms with van der Waals surface area (Å²) in [5, 5.41) is 11.4. The van der Waals surface area contributed by atoms with E-state index in [1.54, 1.807) is 6.92 Å². The highest BCUT2D eigenvalue weighted by atomic mass is 35.5. The minimum absolute atomic E-state index is 0.0127. The van der Waals surface area contributed by atoms with Crippen LogP contribution in [0.15, 0.2) is 21.5 Å². The van der Waals surface area contributed by atoms with Crippen molar-refractivity contribution in [1.82, 2.24) is 4.31 Å². The van der Waals surface area contributed by atoms with Gasteiger partial charge >= 0.3 is 0 Å². The molecule has 6 nitrogen and oxygen atoms in total. The average Bonchev–Trinajstić information content (AvgIpc) is 2.75. The van der Waals surface area contributed by atoms with Gasteiger partial charge in [-0.3, -0.25) is 0 Å². The molecule has 0 aromatic carbocycles. The second-order valence-electron chi connectivity index (χ2n) is 3.77. The molecule has 3 N–H and O–H groups in total. The molecule has 1 heterocycles. The Kier molecular flexibility index (Phi) is 4.97. The molecule has 0 radical (unpaired) electrons. The minimum atomic E-state index is -3.58. The summed E-state index contributed by atoms with van der Waals surface area (Å²) in [6, 6.07) is 2.98. The summed E-state index contributed by atoms with van der Waals surface area (Å²) in [5.74, 6) is -0.397. The van der Waals surface area contributed by atoms with Crippen LogP contribution >= 0.6 is 22.9 Å². The fourth-order valence-electron chi connectivity index (χ4n) is 1.27. The first-order valence-corrected chi connectivity index (χ1v) is 7.61. The molecule has 0 aliphatic rings. The number of sulfonamides is 1. The number of thiophene rings is 1. The van der Waals surface area contributed by atoms with Gasteiger partial charge in [0.2, 0.25) is 0 Å². The monoisotopic (exact) mass is 311 g/mol. The van der Waals surface area contributed by atoms with Gasteiger partial charge in [0, 0.05) is 19.5 Å². The lowest BCUT2D eigenvalue weighted by Gasteiger charge is -2.19. The van der Waals surface area contributed by atoms with Crippen LogP contribution in [0.2, 0.25) is 4.34 Å². The highest BCUT2D eigenvalue weighted by Crippen LogP contribution is 2.27. The zero-order valence-electron chi connectivity index (χ0n) is 9.87. The van der Waals surface area contributed by atoms with Crippen LogP contribution in [0.5, 0.6) is 0 Å². The van der Waals surface area contributed by atoms with Crippen LogP contribution in [-0.4, -0.2) is 37.4 Å². The summed E-state index contributed by atoms with van der Waals surface area (Å²) in [4.78, 5) is 0. The Morgan fingerprint density at radius 1 is 1.67 bits per heavy atom. The highest BCUT2D eigenvalue weighted by molar-refractivity contribution is 7.91. The van der Waals surface area contributed by atoms with E-state index in [1.807, 2.05) is 0 Å². The number of nitrogens with two attached hydrogens (primary N) is 1. The van der Waals surface area contributed by atoms with E-state index in [9.17, 15) is 8.42 Å². The summed E-state index contributed by atoms with van der Waals surface area (Å²) < 4.78 is 26.0. The van der Waals surface area contributed by atoms with E-state index in [0.29, 0.717) is 4.34 Å². The van der Waals surface area contributed by atoms with Gasteiger partial charge in [-0.25, -0.2) is 8.42 Å². The van der Waals surface area contributed by atoms with E-state index in [4.69, 9.17) is 22.5 Å². The predicted molar refractivity (Wildman–Crippen MR) is 71.7 cm³/mol. The summed E-state index contributed by atoms with van der Waals surface area (Å²) >= 11 is 6.70. The molecule has 0 aliphatic carbocycles. The van der Waals surface area contributed by atoms with E-state index in [0.717, 1.165) is 15.6 Å². The number of hydrogen-bond donors (Lipinski definition) is 2. The van der Waals surface area contributed by atoms with Gasteiger partial charge in [-0.15, -0.1) is 11.3 Å². The second kappa shape index (κ2) is 5.87. The van der Waals surface area contributed by atoms with Gasteiger partial charge in [-0.2, -0.15) is 4.31 Å². The first-order chi connectivity index (χ1) is 8.28. The largest absolute Gasteiger partial charge is 0.409 e. The van der Waals surface area contributed by atoms with Gasteiger partial charge < -0.3 is 10.9 Å². The molecule has 1 rings (SSSR count). The van der Waals surface area contributed by atoms with Crippen molar-refractivity contribution in [3.05, 3.63) is 16.5 Å². The third kappa shape index (κ3) is 3.35. The van der Waals surface area contributed by atoms with Crippen molar-refractivity contribution >= 4 is 38.8 Å². The van der Waals surface area contributed by atoms with Crippen LogP contribution in [0, 0.1) is 5.92 Å². The first kappa shape index (κ1) is 15.2. The predicted octanol–water partition coefficient (Wildman–Crippen LogP) is 1.40. The molecule has 0 saturated carbocycles. The smallest absolute Gasteiger partial charge is 0.252 e. The Balaban J connectivity index is 2.87. The van der Waals surface area contributed by atoms with Crippen molar-refractivity contribution in [3.8, 4) is 0 Å². The molecule has 1 aromatic heterocycles. The molecule has 18 heavy (non-hydrogen) atoms. The molecule has 0 bridgehead atoms. The van der Waals surface area contributed by atoms with Crippen molar-refractivity contribution in [2.45, 2.75) is 11.1 Å². The molecule has 0 saturated heterocycles. The van der Waals surface area contributed by atoms with Gasteiger partial charge in [-0.1, -0.05) is 23.7 Å². The Morgan fingerprint density at radius 2 is 2.28 bits per heavy atom. The van der Waals surface area contributed by atoms with Crippen molar-refractivity contribution in [2.75, 3.05) is 13.6 Å². The third-order valence-corrected chi connectivity index (χ3v) is 5.89. The summed E-state index contributed by atoms with van der Waals surface area (Å²) in [6.07, 6.45) is 0. The topological polar surface area (TPSA) is 96.0 Å². The standard InChI is InChI=1S/C9H14ClN3O3S2/c1-6(9(11)12-14)5-13(2)18(15,16)8-4-3-7(10)17-8/h3-4,6,14H,5H2,1-2H3,(H2,11,12). The molecule has 1 atom stereocenters. The molecule has 102 valence electrons. The molecule has 1 unspecified atom stereocenters. The Hall–Kier alpha value is -0.830. The van der Waals surface area contributed by atoms with Crippen molar-refractivity contribution in [2.24, 2.45) is 16.8 Å². The first-order valence-electron chi connectivity index (χ1n) is 4.98. The lowest BCUT2D eigenvalue weighted by atomic mass is 10.2. The SMILES string of the molecule is CC(CN(C)S(=O)(=O)c1ccc(Cl)s1)/C(N)=N/O. The molecule has 0 spiro atoms.